The van der Waals surface area contributed by atoms with Crippen LogP contribution in [0.25, 0.3) is 0 Å². The highest BCUT2D eigenvalue weighted by atomic mass is 16.5. The second-order valence-electron chi connectivity index (χ2n) is 7.16. The van der Waals surface area contributed by atoms with Gasteiger partial charge in [0.25, 0.3) is 0 Å². The minimum atomic E-state index is 0.181. The molecule has 0 saturated heterocycles. The smallest absolute Gasteiger partial charge is 0.0726 e. The van der Waals surface area contributed by atoms with Gasteiger partial charge in [-0.3, -0.25) is 0 Å². The molecule has 0 amide bonds. The summed E-state index contributed by atoms with van der Waals surface area (Å²) in [5.74, 6) is 0.586. The Hall–Kier alpha value is -0.0800. The van der Waals surface area contributed by atoms with Crippen LogP contribution in [0.5, 0.6) is 0 Å². The minimum Gasteiger partial charge on any atom is -0.373 e. The van der Waals surface area contributed by atoms with Crippen molar-refractivity contribution in [1.29, 1.82) is 0 Å². The Morgan fingerprint density at radius 1 is 1.06 bits per heavy atom. The molecule has 0 bridgehead atoms. The Morgan fingerprint density at radius 3 is 2.06 bits per heavy atom. The summed E-state index contributed by atoms with van der Waals surface area (Å²) < 4.78 is 6.37. The van der Waals surface area contributed by atoms with Gasteiger partial charge in [0.2, 0.25) is 0 Å². The molecule has 0 aromatic carbocycles. The average molecular weight is 255 g/mol. The number of rotatable bonds is 5. The van der Waals surface area contributed by atoms with Crippen molar-refractivity contribution in [1.82, 2.24) is 5.32 Å². The van der Waals surface area contributed by atoms with Crippen molar-refractivity contribution < 1.29 is 4.74 Å². The molecule has 0 aromatic rings. The largest absolute Gasteiger partial charge is 0.373 e. The highest BCUT2D eigenvalue weighted by Gasteiger charge is 2.22. The summed E-state index contributed by atoms with van der Waals surface area (Å²) >= 11 is 0. The van der Waals surface area contributed by atoms with E-state index in [0.29, 0.717) is 18.1 Å². The van der Waals surface area contributed by atoms with Crippen LogP contribution in [0, 0.1) is 5.92 Å². The summed E-state index contributed by atoms with van der Waals surface area (Å²) in [6.07, 6.45) is 8.87. The molecule has 1 rings (SSSR count). The van der Waals surface area contributed by atoms with Gasteiger partial charge in [0.1, 0.15) is 0 Å². The molecule has 108 valence electrons. The molecule has 2 nitrogen and oxygen atoms in total. The monoisotopic (exact) mass is 255 g/mol. The van der Waals surface area contributed by atoms with Crippen molar-refractivity contribution in [2.45, 2.75) is 90.9 Å². The zero-order valence-electron chi connectivity index (χ0n) is 13.1. The van der Waals surface area contributed by atoms with Gasteiger partial charge in [0, 0.05) is 12.1 Å². The first-order valence-electron chi connectivity index (χ1n) is 7.79. The van der Waals surface area contributed by atoms with Crippen LogP contribution in [0.1, 0.15) is 73.1 Å². The maximum absolute atomic E-state index is 6.37. The van der Waals surface area contributed by atoms with Crippen LogP contribution in [0.15, 0.2) is 0 Å². The van der Waals surface area contributed by atoms with E-state index in [9.17, 15) is 0 Å². The molecule has 0 aliphatic heterocycles. The Balaban J connectivity index is 2.41. The van der Waals surface area contributed by atoms with E-state index in [-0.39, 0.29) is 5.54 Å². The fraction of sp³-hybridized carbons (Fsp3) is 1.00. The van der Waals surface area contributed by atoms with Gasteiger partial charge >= 0.3 is 0 Å². The van der Waals surface area contributed by atoms with Gasteiger partial charge in [0.05, 0.1) is 12.2 Å². The van der Waals surface area contributed by atoms with E-state index in [1.807, 2.05) is 0 Å². The van der Waals surface area contributed by atoms with E-state index in [4.69, 9.17) is 4.74 Å². The fourth-order valence-electron chi connectivity index (χ4n) is 2.47. The van der Waals surface area contributed by atoms with Crippen LogP contribution in [0.4, 0.5) is 0 Å². The zero-order valence-corrected chi connectivity index (χ0v) is 13.1. The van der Waals surface area contributed by atoms with E-state index < -0.39 is 0 Å². The van der Waals surface area contributed by atoms with Gasteiger partial charge in [-0.15, -0.1) is 0 Å². The average Bonchev–Trinajstić information content (AvgIpc) is 2.50. The van der Waals surface area contributed by atoms with Crippen molar-refractivity contribution in [3.63, 3.8) is 0 Å². The highest BCUT2D eigenvalue weighted by molar-refractivity contribution is 4.77. The molecule has 2 heteroatoms. The molecule has 1 saturated carbocycles. The molecule has 0 radical (unpaired) electrons. The standard InChI is InChI=1S/C16H33NO/c1-13(2)15(12-17-16(3,4)5)18-14-10-8-6-7-9-11-14/h13-15,17H,6-12H2,1-5H3. The van der Waals surface area contributed by atoms with E-state index in [2.05, 4.69) is 39.9 Å². The molecule has 0 heterocycles. The van der Waals surface area contributed by atoms with Crippen LogP contribution in [-0.4, -0.2) is 24.3 Å². The third-order valence-corrected chi connectivity index (χ3v) is 3.75. The van der Waals surface area contributed by atoms with Gasteiger partial charge < -0.3 is 10.1 Å². The van der Waals surface area contributed by atoms with Crippen LogP contribution in [-0.2, 0) is 4.74 Å². The fourth-order valence-corrected chi connectivity index (χ4v) is 2.47. The minimum absolute atomic E-state index is 0.181. The topological polar surface area (TPSA) is 21.3 Å². The highest BCUT2D eigenvalue weighted by Crippen LogP contribution is 2.22. The van der Waals surface area contributed by atoms with Crippen LogP contribution in [0.2, 0.25) is 0 Å². The van der Waals surface area contributed by atoms with E-state index in [1.165, 1.54) is 38.5 Å². The summed E-state index contributed by atoms with van der Waals surface area (Å²) in [5.41, 5.74) is 0.181. The van der Waals surface area contributed by atoms with E-state index >= 15 is 0 Å². The summed E-state index contributed by atoms with van der Waals surface area (Å²) in [6, 6.07) is 0. The van der Waals surface area contributed by atoms with Crippen molar-refractivity contribution in [2.75, 3.05) is 6.54 Å². The number of ether oxygens (including phenoxy) is 1. The van der Waals surface area contributed by atoms with Crippen LogP contribution < -0.4 is 5.32 Å². The lowest BCUT2D eigenvalue weighted by Crippen LogP contribution is -2.44. The Bertz CT molecular complexity index is 212. The zero-order chi connectivity index (χ0) is 13.6. The molecule has 1 fully saturated rings. The molecule has 1 N–H and O–H groups in total. The summed E-state index contributed by atoms with van der Waals surface area (Å²) in [6.45, 7) is 12.2. The molecule has 1 aliphatic rings. The van der Waals surface area contributed by atoms with Crippen molar-refractivity contribution in [2.24, 2.45) is 5.92 Å². The summed E-state index contributed by atoms with van der Waals surface area (Å²) in [7, 11) is 0. The molecule has 1 unspecified atom stereocenters. The normalized spacial score (nSPS) is 21.0. The lowest BCUT2D eigenvalue weighted by Gasteiger charge is -2.30. The first-order valence-corrected chi connectivity index (χ1v) is 7.79. The van der Waals surface area contributed by atoms with Crippen LogP contribution in [0.3, 0.4) is 0 Å². The van der Waals surface area contributed by atoms with Gasteiger partial charge in [-0.25, -0.2) is 0 Å². The second kappa shape index (κ2) is 7.49. The van der Waals surface area contributed by atoms with Gasteiger partial charge in [-0.05, 0) is 39.5 Å². The Morgan fingerprint density at radius 2 is 1.61 bits per heavy atom. The molecule has 1 atom stereocenters. The molecule has 18 heavy (non-hydrogen) atoms. The van der Waals surface area contributed by atoms with Crippen molar-refractivity contribution in [3.8, 4) is 0 Å². The number of nitrogens with one attached hydrogen (secondary N) is 1. The molecular weight excluding hydrogens is 222 g/mol. The van der Waals surface area contributed by atoms with Crippen LogP contribution >= 0.6 is 0 Å². The van der Waals surface area contributed by atoms with Gasteiger partial charge in [-0.2, -0.15) is 0 Å². The Labute approximate surface area is 114 Å². The molecule has 0 spiro atoms. The molecule has 0 aromatic heterocycles. The molecule has 1 aliphatic carbocycles. The third kappa shape index (κ3) is 6.75. The SMILES string of the molecule is CC(C)C(CNC(C)(C)C)OC1CCCCCC1. The quantitative estimate of drug-likeness (QED) is 0.746. The maximum atomic E-state index is 6.37. The second-order valence-corrected chi connectivity index (χ2v) is 7.16. The van der Waals surface area contributed by atoms with Crippen molar-refractivity contribution in [3.05, 3.63) is 0 Å². The van der Waals surface area contributed by atoms with Gasteiger partial charge in [-0.1, -0.05) is 39.5 Å². The number of hydrogen-bond acceptors (Lipinski definition) is 2. The third-order valence-electron chi connectivity index (χ3n) is 3.75. The lowest BCUT2D eigenvalue weighted by molar-refractivity contribution is -0.0427. The van der Waals surface area contributed by atoms with E-state index in [1.54, 1.807) is 0 Å². The first-order chi connectivity index (χ1) is 8.38. The molecular formula is C16H33NO. The van der Waals surface area contributed by atoms with Crippen molar-refractivity contribution >= 4 is 0 Å². The van der Waals surface area contributed by atoms with Gasteiger partial charge in [0.15, 0.2) is 0 Å². The Kier molecular flexibility index (Phi) is 6.65. The maximum Gasteiger partial charge on any atom is 0.0726 e. The predicted octanol–water partition coefficient (Wildman–Crippen LogP) is 4.14. The summed E-state index contributed by atoms with van der Waals surface area (Å²) in [4.78, 5) is 0. The first kappa shape index (κ1) is 16.0. The van der Waals surface area contributed by atoms with E-state index in [0.717, 1.165) is 6.54 Å². The number of hydrogen-bond donors (Lipinski definition) is 1. The lowest BCUT2D eigenvalue weighted by atomic mass is 10.0. The summed E-state index contributed by atoms with van der Waals surface area (Å²) in [5, 5.41) is 3.58. The predicted molar refractivity (Wildman–Crippen MR) is 79.0 cm³/mol.